The van der Waals surface area contributed by atoms with Crippen molar-refractivity contribution in [3.63, 3.8) is 0 Å². The fourth-order valence-electron chi connectivity index (χ4n) is 0.393. The Labute approximate surface area is 63.0 Å². The van der Waals surface area contributed by atoms with Gasteiger partial charge in [0.25, 0.3) is 6.29 Å². The fraction of sp³-hybridized carbons (Fsp3) is 1.00. The predicted molar refractivity (Wildman–Crippen MR) is 32.9 cm³/mol. The molecule has 0 saturated carbocycles. The van der Waals surface area contributed by atoms with Gasteiger partial charge in [-0.15, -0.1) is 0 Å². The number of halogens is 3. The largest absolute Gasteiger partial charge is 0.439 e. The zero-order valence-electron chi connectivity index (χ0n) is 6.35. The van der Waals surface area contributed by atoms with E-state index < -0.39 is 18.6 Å². The molecule has 0 aromatic carbocycles. The topological polar surface area (TPSA) is 29.5 Å². The van der Waals surface area contributed by atoms with Crippen LogP contribution in [-0.2, 0) is 4.74 Å². The highest BCUT2D eigenvalue weighted by atomic mass is 19.4. The van der Waals surface area contributed by atoms with E-state index >= 15 is 0 Å². The number of alkyl halides is 3. The van der Waals surface area contributed by atoms with Crippen LogP contribution in [0.4, 0.5) is 13.2 Å². The van der Waals surface area contributed by atoms with Crippen LogP contribution >= 0.6 is 0 Å². The zero-order valence-corrected chi connectivity index (χ0v) is 6.35. The van der Waals surface area contributed by atoms with Crippen LogP contribution in [0.25, 0.3) is 0 Å². The smallest absolute Gasteiger partial charge is 0.361 e. The normalized spacial score (nSPS) is 18.0. The standard InChI is InChI=1S/C6H11F3O2/c1-3-4(2)11-5(10)6(7,8)9/h4-5,10H,3H2,1-2H3. The maximum absolute atomic E-state index is 11.6. The number of aliphatic hydroxyl groups is 1. The van der Waals surface area contributed by atoms with E-state index in [1.165, 1.54) is 6.92 Å². The quantitative estimate of drug-likeness (QED) is 0.656. The van der Waals surface area contributed by atoms with E-state index in [1.54, 1.807) is 6.92 Å². The summed E-state index contributed by atoms with van der Waals surface area (Å²) in [5, 5.41) is 8.34. The molecule has 0 spiro atoms. The molecule has 0 aromatic rings. The van der Waals surface area contributed by atoms with Crippen LogP contribution in [0.2, 0.25) is 0 Å². The van der Waals surface area contributed by atoms with Gasteiger partial charge in [0.1, 0.15) is 0 Å². The van der Waals surface area contributed by atoms with Crippen molar-refractivity contribution in [1.29, 1.82) is 0 Å². The molecule has 0 aliphatic carbocycles. The molecule has 0 saturated heterocycles. The summed E-state index contributed by atoms with van der Waals surface area (Å²) in [4.78, 5) is 0. The average molecular weight is 172 g/mol. The molecule has 0 radical (unpaired) electrons. The lowest BCUT2D eigenvalue weighted by Gasteiger charge is -2.18. The molecular weight excluding hydrogens is 161 g/mol. The third kappa shape index (κ3) is 4.21. The third-order valence-electron chi connectivity index (χ3n) is 1.22. The van der Waals surface area contributed by atoms with Crippen molar-refractivity contribution in [2.24, 2.45) is 0 Å². The summed E-state index contributed by atoms with van der Waals surface area (Å²) in [6.07, 6.45) is -7.47. The van der Waals surface area contributed by atoms with Gasteiger partial charge in [0.05, 0.1) is 6.10 Å². The molecule has 68 valence electrons. The Hall–Kier alpha value is -0.290. The first-order chi connectivity index (χ1) is 4.88. The summed E-state index contributed by atoms with van der Waals surface area (Å²) in [5.74, 6) is 0. The molecule has 0 bridgehead atoms. The Balaban J connectivity index is 3.77. The second-order valence-corrected chi connectivity index (χ2v) is 2.25. The van der Waals surface area contributed by atoms with E-state index in [4.69, 9.17) is 5.11 Å². The van der Waals surface area contributed by atoms with E-state index in [0.29, 0.717) is 6.42 Å². The number of aliphatic hydroxyl groups excluding tert-OH is 1. The van der Waals surface area contributed by atoms with Crippen LogP contribution in [0.3, 0.4) is 0 Å². The Morgan fingerprint density at radius 3 is 2.18 bits per heavy atom. The number of hydrogen-bond donors (Lipinski definition) is 1. The van der Waals surface area contributed by atoms with E-state index in [2.05, 4.69) is 4.74 Å². The Bertz CT molecular complexity index is 113. The van der Waals surface area contributed by atoms with Gasteiger partial charge in [-0.3, -0.25) is 0 Å². The molecule has 0 heterocycles. The van der Waals surface area contributed by atoms with Crippen molar-refractivity contribution in [1.82, 2.24) is 0 Å². The summed E-state index contributed by atoms with van der Waals surface area (Å²) in [7, 11) is 0. The van der Waals surface area contributed by atoms with Gasteiger partial charge in [-0.2, -0.15) is 13.2 Å². The number of hydrogen-bond acceptors (Lipinski definition) is 2. The van der Waals surface area contributed by atoms with Gasteiger partial charge in [0.2, 0.25) is 0 Å². The summed E-state index contributed by atoms with van der Waals surface area (Å²) in [6.45, 7) is 3.14. The SMILES string of the molecule is CCC(C)OC(O)C(F)(F)F. The van der Waals surface area contributed by atoms with Crippen molar-refractivity contribution >= 4 is 0 Å². The molecule has 1 N–H and O–H groups in total. The summed E-state index contributed by atoms with van der Waals surface area (Å²) < 4.78 is 38.9. The molecule has 0 amide bonds. The lowest BCUT2D eigenvalue weighted by Crippen LogP contribution is -2.33. The van der Waals surface area contributed by atoms with Crippen molar-refractivity contribution in [2.75, 3.05) is 0 Å². The molecular formula is C6H11F3O2. The monoisotopic (exact) mass is 172 g/mol. The molecule has 2 unspecified atom stereocenters. The van der Waals surface area contributed by atoms with Gasteiger partial charge in [-0.25, -0.2) is 0 Å². The third-order valence-corrected chi connectivity index (χ3v) is 1.22. The molecule has 11 heavy (non-hydrogen) atoms. The van der Waals surface area contributed by atoms with E-state index in [1.807, 2.05) is 0 Å². The van der Waals surface area contributed by atoms with E-state index in [-0.39, 0.29) is 0 Å². The second kappa shape index (κ2) is 3.92. The second-order valence-electron chi connectivity index (χ2n) is 2.25. The summed E-state index contributed by atoms with van der Waals surface area (Å²) in [6, 6.07) is 0. The summed E-state index contributed by atoms with van der Waals surface area (Å²) in [5.41, 5.74) is 0. The van der Waals surface area contributed by atoms with Crippen LogP contribution in [0.15, 0.2) is 0 Å². The van der Waals surface area contributed by atoms with Crippen molar-refractivity contribution in [3.8, 4) is 0 Å². The maximum Gasteiger partial charge on any atom is 0.439 e. The van der Waals surface area contributed by atoms with Gasteiger partial charge in [-0.1, -0.05) is 6.92 Å². The van der Waals surface area contributed by atoms with Gasteiger partial charge in [-0.05, 0) is 13.3 Å². The highest BCUT2D eigenvalue weighted by molar-refractivity contribution is 4.56. The Morgan fingerprint density at radius 1 is 1.45 bits per heavy atom. The molecule has 2 atom stereocenters. The Kier molecular flexibility index (Phi) is 3.82. The highest BCUT2D eigenvalue weighted by Gasteiger charge is 2.40. The van der Waals surface area contributed by atoms with Gasteiger partial charge < -0.3 is 9.84 Å². The van der Waals surface area contributed by atoms with Crippen LogP contribution in [-0.4, -0.2) is 23.7 Å². The fourth-order valence-corrected chi connectivity index (χ4v) is 0.393. The van der Waals surface area contributed by atoms with Crippen molar-refractivity contribution in [2.45, 2.75) is 38.8 Å². The molecule has 0 aliphatic heterocycles. The minimum atomic E-state index is -4.68. The van der Waals surface area contributed by atoms with Crippen LogP contribution in [0.1, 0.15) is 20.3 Å². The maximum atomic E-state index is 11.6. The molecule has 5 heteroatoms. The predicted octanol–water partition coefficient (Wildman–Crippen LogP) is 1.68. The molecule has 0 fully saturated rings. The number of ether oxygens (including phenoxy) is 1. The summed E-state index contributed by atoms with van der Waals surface area (Å²) >= 11 is 0. The van der Waals surface area contributed by atoms with Crippen LogP contribution in [0, 0.1) is 0 Å². The van der Waals surface area contributed by atoms with Crippen molar-refractivity contribution < 1.29 is 23.0 Å². The number of rotatable bonds is 3. The first kappa shape index (κ1) is 10.7. The van der Waals surface area contributed by atoms with Crippen LogP contribution in [0.5, 0.6) is 0 Å². The highest BCUT2D eigenvalue weighted by Crippen LogP contribution is 2.22. The molecule has 0 aliphatic rings. The minimum absolute atomic E-state index is 0.438. The van der Waals surface area contributed by atoms with Gasteiger partial charge in [0, 0.05) is 0 Å². The first-order valence-corrected chi connectivity index (χ1v) is 3.28. The van der Waals surface area contributed by atoms with Crippen molar-refractivity contribution in [3.05, 3.63) is 0 Å². The van der Waals surface area contributed by atoms with E-state index in [9.17, 15) is 13.2 Å². The van der Waals surface area contributed by atoms with E-state index in [0.717, 1.165) is 0 Å². The lowest BCUT2D eigenvalue weighted by atomic mass is 10.3. The lowest BCUT2D eigenvalue weighted by molar-refractivity contribution is -0.304. The van der Waals surface area contributed by atoms with Gasteiger partial charge >= 0.3 is 6.18 Å². The average Bonchev–Trinajstić information content (AvgIpc) is 1.85. The first-order valence-electron chi connectivity index (χ1n) is 3.28. The Morgan fingerprint density at radius 2 is 1.91 bits per heavy atom. The zero-order chi connectivity index (χ0) is 9.07. The minimum Gasteiger partial charge on any atom is -0.361 e. The van der Waals surface area contributed by atoms with Crippen LogP contribution < -0.4 is 0 Å². The molecule has 0 rings (SSSR count). The van der Waals surface area contributed by atoms with Gasteiger partial charge in [0.15, 0.2) is 0 Å². The molecule has 2 nitrogen and oxygen atoms in total. The molecule has 0 aromatic heterocycles.